The molecule has 0 aromatic carbocycles. The molecule has 0 unspecified atom stereocenters. The molecule has 0 fully saturated rings. The van der Waals surface area contributed by atoms with Crippen LogP contribution in [-0.2, 0) is 6.54 Å². The molecule has 1 N–H and O–H groups in total. The van der Waals surface area contributed by atoms with Crippen LogP contribution in [0.15, 0.2) is 41.9 Å². The van der Waals surface area contributed by atoms with Crippen LogP contribution in [0.1, 0.15) is 26.3 Å². The number of aryl methyl sites for hydroxylation is 1. The van der Waals surface area contributed by atoms with E-state index in [0.29, 0.717) is 5.92 Å². The third-order valence-corrected chi connectivity index (χ3v) is 2.29. The average molecular weight is 231 g/mol. The Morgan fingerprint density at radius 1 is 1.59 bits per heavy atom. The lowest BCUT2D eigenvalue weighted by molar-refractivity contribution is -0.751. The maximum absolute atomic E-state index is 6.94. The van der Waals surface area contributed by atoms with Gasteiger partial charge in [-0.15, -0.1) is 0 Å². The highest BCUT2D eigenvalue weighted by Crippen LogP contribution is 2.15. The molecule has 0 spiro atoms. The van der Waals surface area contributed by atoms with E-state index in [1.165, 1.54) is 6.20 Å². The zero-order chi connectivity index (χ0) is 12.7. The van der Waals surface area contributed by atoms with Crippen molar-refractivity contribution in [3.05, 3.63) is 42.4 Å². The molecule has 0 radical (unpaired) electrons. The second kappa shape index (κ2) is 6.68. The fourth-order valence-electron chi connectivity index (χ4n) is 1.32. The molecule has 0 aliphatic rings. The molecule has 4 nitrogen and oxygen atoms in total. The van der Waals surface area contributed by atoms with E-state index >= 15 is 0 Å². The Morgan fingerprint density at radius 2 is 2.35 bits per heavy atom. The van der Waals surface area contributed by atoms with Crippen LogP contribution in [0.5, 0.6) is 0 Å². The fourth-order valence-corrected chi connectivity index (χ4v) is 1.32. The molecule has 0 saturated carbocycles. The van der Waals surface area contributed by atoms with E-state index < -0.39 is 0 Å². The minimum atomic E-state index is 0.474. The summed E-state index contributed by atoms with van der Waals surface area (Å²) in [7, 11) is 0. The molecule has 0 amide bonds. The maximum atomic E-state index is 6.94. The number of nitrogens with zero attached hydrogens (tertiary/aromatic N) is 3. The summed E-state index contributed by atoms with van der Waals surface area (Å²) in [5.41, 5.74) is 8.82. The predicted octanol–water partition coefficient (Wildman–Crippen LogP) is 2.97. The third-order valence-electron chi connectivity index (χ3n) is 2.29. The molecule has 0 bridgehead atoms. The molecular weight excluding hydrogens is 212 g/mol. The van der Waals surface area contributed by atoms with Gasteiger partial charge in [0.25, 0.3) is 0 Å². The van der Waals surface area contributed by atoms with Gasteiger partial charge in [-0.1, -0.05) is 30.7 Å². The van der Waals surface area contributed by atoms with Crippen LogP contribution < -0.4 is 4.68 Å². The quantitative estimate of drug-likeness (QED) is 0.473. The molecule has 1 aromatic heterocycles. The van der Waals surface area contributed by atoms with E-state index in [4.69, 9.17) is 5.53 Å². The van der Waals surface area contributed by atoms with Crippen molar-refractivity contribution < 1.29 is 4.68 Å². The van der Waals surface area contributed by atoms with Gasteiger partial charge in [0.15, 0.2) is 12.7 Å². The smallest absolute Gasteiger partial charge is 0.196 e. The summed E-state index contributed by atoms with van der Waals surface area (Å²) >= 11 is 0. The van der Waals surface area contributed by atoms with Crippen molar-refractivity contribution in [3.8, 4) is 0 Å². The Kier molecular flexibility index (Phi) is 5.20. The van der Waals surface area contributed by atoms with E-state index in [2.05, 4.69) is 30.1 Å². The fraction of sp³-hybridized carbons (Fsp3) is 0.385. The second-order valence-corrected chi connectivity index (χ2v) is 4.09. The molecule has 1 rings (SSSR count). The van der Waals surface area contributed by atoms with Crippen molar-refractivity contribution in [2.24, 2.45) is 11.0 Å². The van der Waals surface area contributed by atoms with Crippen LogP contribution in [0.2, 0.25) is 0 Å². The molecule has 1 heterocycles. The number of nitrogens with one attached hydrogen (secondary N) is 1. The Hall–Kier alpha value is -1.84. The molecular formula is C13H19N4+. The van der Waals surface area contributed by atoms with Gasteiger partial charge >= 0.3 is 0 Å². The minimum Gasteiger partial charge on any atom is -0.205 e. The van der Waals surface area contributed by atoms with Crippen LogP contribution >= 0.6 is 0 Å². The van der Waals surface area contributed by atoms with Crippen LogP contribution in [0.3, 0.4) is 0 Å². The highest BCUT2D eigenvalue weighted by Gasteiger charge is 2.03. The summed E-state index contributed by atoms with van der Waals surface area (Å²) in [5, 5.41) is 7.60. The average Bonchev–Trinajstić information content (AvgIpc) is 2.34. The van der Waals surface area contributed by atoms with Crippen LogP contribution in [0.25, 0.3) is 5.57 Å². The van der Waals surface area contributed by atoms with Gasteiger partial charge in [-0.3, -0.25) is 0 Å². The van der Waals surface area contributed by atoms with Gasteiger partial charge in [-0.25, -0.2) is 5.53 Å². The monoisotopic (exact) mass is 231 g/mol. The summed E-state index contributed by atoms with van der Waals surface area (Å²) in [6.45, 7) is 7.12. The first-order valence-electron chi connectivity index (χ1n) is 5.78. The first-order chi connectivity index (χ1) is 8.17. The molecule has 90 valence electrons. The Bertz CT molecular complexity index is 416. The topological polar surface area (TPSA) is 53.0 Å². The van der Waals surface area contributed by atoms with Gasteiger partial charge in [0, 0.05) is 17.2 Å². The van der Waals surface area contributed by atoms with Crippen LogP contribution in [0, 0.1) is 11.4 Å². The first-order valence-corrected chi connectivity index (χ1v) is 5.78. The Labute approximate surface area is 102 Å². The Morgan fingerprint density at radius 3 is 2.82 bits per heavy atom. The van der Waals surface area contributed by atoms with Crippen molar-refractivity contribution in [2.75, 3.05) is 0 Å². The first kappa shape index (κ1) is 13.2. The van der Waals surface area contributed by atoms with Crippen molar-refractivity contribution in [3.63, 3.8) is 0 Å². The van der Waals surface area contributed by atoms with E-state index in [9.17, 15) is 0 Å². The predicted molar refractivity (Wildman–Crippen MR) is 67.2 cm³/mol. The van der Waals surface area contributed by atoms with Crippen molar-refractivity contribution in [1.29, 1.82) is 5.53 Å². The van der Waals surface area contributed by atoms with E-state index in [1.807, 2.05) is 29.9 Å². The molecule has 0 aliphatic heterocycles. The van der Waals surface area contributed by atoms with E-state index in [1.54, 1.807) is 6.20 Å². The summed E-state index contributed by atoms with van der Waals surface area (Å²) < 4.78 is 1.85. The van der Waals surface area contributed by atoms with Crippen LogP contribution in [0.4, 0.5) is 0 Å². The second-order valence-electron chi connectivity index (χ2n) is 4.09. The highest BCUT2D eigenvalue weighted by atomic mass is 15.2. The third kappa shape index (κ3) is 4.26. The zero-order valence-electron chi connectivity index (χ0n) is 10.6. The zero-order valence-corrected chi connectivity index (χ0v) is 10.6. The lowest BCUT2D eigenvalue weighted by Gasteiger charge is -2.00. The van der Waals surface area contributed by atoms with Crippen LogP contribution in [-0.4, -0.2) is 5.10 Å². The number of rotatable bonds is 5. The number of allylic oxidation sites excluding steroid dienone is 3. The van der Waals surface area contributed by atoms with E-state index in [-0.39, 0.29) is 0 Å². The molecule has 0 atom stereocenters. The van der Waals surface area contributed by atoms with Gasteiger partial charge in [0.1, 0.15) is 6.20 Å². The number of hydrogen-bond acceptors (Lipinski definition) is 3. The summed E-state index contributed by atoms with van der Waals surface area (Å²) in [5.74, 6) is 0.474. The van der Waals surface area contributed by atoms with Crippen molar-refractivity contribution in [2.45, 2.75) is 27.3 Å². The van der Waals surface area contributed by atoms with Gasteiger partial charge in [-0.05, 0) is 17.9 Å². The Balaban J connectivity index is 2.98. The standard InChI is InChI=1S/C13H19N4/c1-4-17-8-7-13(10-16-17)12(9-15-14)6-5-11(2)3/h5-11,14H,4H2,1-3H3/q+1/b6-5-. The molecule has 4 heteroatoms. The normalized spacial score (nSPS) is 12.4. The maximum Gasteiger partial charge on any atom is 0.196 e. The summed E-state index contributed by atoms with van der Waals surface area (Å²) in [4.78, 5) is 0. The van der Waals surface area contributed by atoms with Gasteiger partial charge in [0.05, 0.1) is 6.20 Å². The van der Waals surface area contributed by atoms with Crippen molar-refractivity contribution in [1.82, 2.24) is 5.10 Å². The largest absolute Gasteiger partial charge is 0.205 e. The highest BCUT2D eigenvalue weighted by molar-refractivity contribution is 5.72. The number of hydrogen-bond donors (Lipinski definition) is 1. The minimum absolute atomic E-state index is 0.474. The molecule has 0 aliphatic carbocycles. The van der Waals surface area contributed by atoms with Gasteiger partial charge in [0.2, 0.25) is 0 Å². The summed E-state index contributed by atoms with van der Waals surface area (Å²) in [6.07, 6.45) is 9.32. The SMILES string of the molecule is CC[n+]1ccc(C(/C=C\C(C)C)=C/N=N)cn1. The lowest BCUT2D eigenvalue weighted by atomic mass is 10.1. The molecule has 0 saturated heterocycles. The van der Waals surface area contributed by atoms with Gasteiger partial charge in [-0.2, -0.15) is 5.11 Å². The van der Waals surface area contributed by atoms with E-state index in [0.717, 1.165) is 17.7 Å². The lowest BCUT2D eigenvalue weighted by Crippen LogP contribution is -2.35. The molecule has 1 aromatic rings. The number of aromatic nitrogens is 2. The van der Waals surface area contributed by atoms with Crippen molar-refractivity contribution >= 4 is 5.57 Å². The molecule has 17 heavy (non-hydrogen) atoms. The van der Waals surface area contributed by atoms with Gasteiger partial charge < -0.3 is 0 Å². The summed E-state index contributed by atoms with van der Waals surface area (Å²) in [6, 6.07) is 1.98.